The monoisotopic (exact) mass is 301 g/mol. The summed E-state index contributed by atoms with van der Waals surface area (Å²) in [4.78, 5) is 4.21. The molecular formula is C21H19NO. The maximum atomic E-state index is 5.21. The van der Waals surface area contributed by atoms with Crippen LogP contribution in [0.15, 0.2) is 79.1 Å². The number of hydrogen-bond donors (Lipinski definition) is 0. The fourth-order valence-electron chi connectivity index (χ4n) is 2.65. The molecule has 0 aliphatic carbocycles. The van der Waals surface area contributed by atoms with E-state index in [4.69, 9.17) is 4.74 Å². The van der Waals surface area contributed by atoms with Crippen LogP contribution in [0.25, 0.3) is 16.7 Å². The summed E-state index contributed by atoms with van der Waals surface area (Å²) in [5.74, 6) is 0.873. The molecule has 114 valence electrons. The fraction of sp³-hybridized carbons (Fsp3) is 0.0952. The molecule has 0 spiro atoms. The molecule has 0 saturated heterocycles. The van der Waals surface area contributed by atoms with Crippen LogP contribution in [-0.2, 0) is 0 Å². The first kappa shape index (κ1) is 15.0. The smallest absolute Gasteiger partial charge is 0.118 e. The minimum absolute atomic E-state index is 0.873. The maximum Gasteiger partial charge on any atom is 0.118 e. The lowest BCUT2D eigenvalue weighted by molar-refractivity contribution is 0.415. The second kappa shape index (κ2) is 6.93. The van der Waals surface area contributed by atoms with Crippen molar-refractivity contribution < 1.29 is 4.74 Å². The number of nitrogens with zero attached hydrogens (tertiary/aromatic N) is 1. The molecule has 0 bridgehead atoms. The number of ether oxygens (including phenoxy) is 1. The van der Waals surface area contributed by atoms with Gasteiger partial charge in [-0.05, 0) is 47.4 Å². The molecule has 3 rings (SSSR count). The predicted octanol–water partition coefficient (Wildman–Crippen LogP) is 5.21. The Kier molecular flexibility index (Phi) is 4.53. The van der Waals surface area contributed by atoms with Gasteiger partial charge in [0.05, 0.1) is 7.11 Å². The highest BCUT2D eigenvalue weighted by Gasteiger charge is 2.05. The van der Waals surface area contributed by atoms with Gasteiger partial charge in [0.1, 0.15) is 5.75 Å². The van der Waals surface area contributed by atoms with E-state index in [1.54, 1.807) is 13.3 Å². The van der Waals surface area contributed by atoms with Crippen LogP contribution >= 0.6 is 0 Å². The number of allylic oxidation sites excluding steroid dienone is 1. The van der Waals surface area contributed by atoms with Crippen LogP contribution in [-0.4, -0.2) is 12.1 Å². The summed E-state index contributed by atoms with van der Waals surface area (Å²) in [6.45, 7) is 2.06. The third-order valence-electron chi connectivity index (χ3n) is 3.88. The highest BCUT2D eigenvalue weighted by molar-refractivity contribution is 5.80. The lowest BCUT2D eigenvalue weighted by Gasteiger charge is -2.09. The first-order valence-electron chi connectivity index (χ1n) is 7.63. The average molecular weight is 301 g/mol. The second-order valence-corrected chi connectivity index (χ2v) is 5.25. The number of pyridine rings is 1. The van der Waals surface area contributed by atoms with E-state index in [0.29, 0.717) is 0 Å². The van der Waals surface area contributed by atoms with Crippen LogP contribution in [0.3, 0.4) is 0 Å². The van der Waals surface area contributed by atoms with Gasteiger partial charge in [-0.3, -0.25) is 4.98 Å². The Bertz CT molecular complexity index is 788. The number of rotatable bonds is 4. The van der Waals surface area contributed by atoms with Gasteiger partial charge in [-0.1, -0.05) is 48.5 Å². The van der Waals surface area contributed by atoms with E-state index in [-0.39, 0.29) is 0 Å². The Hall–Kier alpha value is -2.87. The molecule has 0 radical (unpaired) electrons. The second-order valence-electron chi connectivity index (χ2n) is 5.25. The largest absolute Gasteiger partial charge is 0.497 e. The van der Waals surface area contributed by atoms with Crippen molar-refractivity contribution in [3.05, 3.63) is 90.3 Å². The average Bonchev–Trinajstić information content (AvgIpc) is 2.64. The summed E-state index contributed by atoms with van der Waals surface area (Å²) in [5, 5.41) is 0. The Morgan fingerprint density at radius 3 is 2.04 bits per heavy atom. The van der Waals surface area contributed by atoms with Crippen molar-refractivity contribution in [1.29, 1.82) is 0 Å². The van der Waals surface area contributed by atoms with Crippen LogP contribution in [0.1, 0.15) is 18.1 Å². The van der Waals surface area contributed by atoms with E-state index in [1.165, 1.54) is 22.3 Å². The Morgan fingerprint density at radius 2 is 1.52 bits per heavy atom. The molecule has 2 nitrogen and oxygen atoms in total. The van der Waals surface area contributed by atoms with Crippen molar-refractivity contribution in [2.24, 2.45) is 0 Å². The molecule has 3 aromatic rings. The number of hydrogen-bond acceptors (Lipinski definition) is 2. The lowest BCUT2D eigenvalue weighted by Crippen LogP contribution is -1.89. The van der Waals surface area contributed by atoms with Crippen LogP contribution in [0.4, 0.5) is 0 Å². The van der Waals surface area contributed by atoms with Gasteiger partial charge in [-0.2, -0.15) is 0 Å². The van der Waals surface area contributed by atoms with Crippen LogP contribution in [0.2, 0.25) is 0 Å². The molecule has 0 fully saturated rings. The zero-order valence-corrected chi connectivity index (χ0v) is 13.4. The third-order valence-corrected chi connectivity index (χ3v) is 3.88. The standard InChI is InChI=1S/C21H19NO/c1-3-21(19-5-4-14-22-15-19)18-8-6-16(7-9-18)17-10-12-20(23-2)13-11-17/h3-15H,1-2H3/b21-3+. The zero-order valence-electron chi connectivity index (χ0n) is 13.4. The van der Waals surface area contributed by atoms with Crippen molar-refractivity contribution in [2.45, 2.75) is 6.92 Å². The van der Waals surface area contributed by atoms with Crippen molar-refractivity contribution in [1.82, 2.24) is 4.98 Å². The van der Waals surface area contributed by atoms with E-state index in [1.807, 2.05) is 24.4 Å². The van der Waals surface area contributed by atoms with Gasteiger partial charge in [0.25, 0.3) is 0 Å². The Morgan fingerprint density at radius 1 is 0.870 bits per heavy atom. The lowest BCUT2D eigenvalue weighted by atomic mass is 9.96. The van der Waals surface area contributed by atoms with E-state index in [2.05, 4.69) is 60.4 Å². The van der Waals surface area contributed by atoms with Crippen molar-refractivity contribution in [3.63, 3.8) is 0 Å². The first-order valence-corrected chi connectivity index (χ1v) is 7.63. The predicted molar refractivity (Wildman–Crippen MR) is 95.4 cm³/mol. The van der Waals surface area contributed by atoms with E-state index in [9.17, 15) is 0 Å². The van der Waals surface area contributed by atoms with Gasteiger partial charge < -0.3 is 4.74 Å². The molecule has 0 aliphatic rings. The van der Waals surface area contributed by atoms with Crippen molar-refractivity contribution >= 4 is 5.57 Å². The number of benzene rings is 2. The molecular weight excluding hydrogens is 282 g/mol. The molecule has 2 heteroatoms. The molecule has 23 heavy (non-hydrogen) atoms. The highest BCUT2D eigenvalue weighted by atomic mass is 16.5. The highest BCUT2D eigenvalue weighted by Crippen LogP contribution is 2.27. The van der Waals surface area contributed by atoms with Gasteiger partial charge in [0, 0.05) is 18.0 Å². The summed E-state index contributed by atoms with van der Waals surface area (Å²) >= 11 is 0. The number of aromatic nitrogens is 1. The quantitative estimate of drug-likeness (QED) is 0.660. The van der Waals surface area contributed by atoms with Crippen molar-refractivity contribution in [3.8, 4) is 16.9 Å². The summed E-state index contributed by atoms with van der Waals surface area (Å²) in [5.41, 5.74) is 5.89. The molecule has 0 atom stereocenters. The van der Waals surface area contributed by atoms with Gasteiger partial charge in [-0.15, -0.1) is 0 Å². The molecule has 0 N–H and O–H groups in total. The van der Waals surface area contributed by atoms with Gasteiger partial charge in [0.15, 0.2) is 0 Å². The molecule has 0 unspecified atom stereocenters. The minimum atomic E-state index is 0.873. The van der Waals surface area contributed by atoms with Crippen molar-refractivity contribution in [2.75, 3.05) is 7.11 Å². The first-order chi connectivity index (χ1) is 11.3. The minimum Gasteiger partial charge on any atom is -0.497 e. The van der Waals surface area contributed by atoms with Crippen LogP contribution < -0.4 is 4.74 Å². The normalized spacial score (nSPS) is 11.3. The summed E-state index contributed by atoms with van der Waals surface area (Å²) in [6.07, 6.45) is 5.82. The maximum absolute atomic E-state index is 5.21. The van der Waals surface area contributed by atoms with Gasteiger partial charge in [-0.25, -0.2) is 0 Å². The Balaban J connectivity index is 1.89. The SMILES string of the molecule is C/C=C(\c1ccc(-c2ccc(OC)cc2)cc1)c1cccnc1. The zero-order chi connectivity index (χ0) is 16.1. The summed E-state index contributed by atoms with van der Waals surface area (Å²) < 4.78 is 5.21. The van der Waals surface area contributed by atoms with E-state index < -0.39 is 0 Å². The summed E-state index contributed by atoms with van der Waals surface area (Å²) in [6, 6.07) is 20.8. The fourth-order valence-corrected chi connectivity index (χ4v) is 2.65. The molecule has 0 saturated carbocycles. The topological polar surface area (TPSA) is 22.1 Å². The summed E-state index contributed by atoms with van der Waals surface area (Å²) in [7, 11) is 1.68. The van der Waals surface area contributed by atoms with E-state index in [0.717, 1.165) is 11.3 Å². The molecule has 1 heterocycles. The molecule has 2 aromatic carbocycles. The molecule has 1 aromatic heterocycles. The van der Waals surface area contributed by atoms with E-state index >= 15 is 0 Å². The van der Waals surface area contributed by atoms with Gasteiger partial charge in [0.2, 0.25) is 0 Å². The van der Waals surface area contributed by atoms with Crippen LogP contribution in [0.5, 0.6) is 5.75 Å². The Labute approximate surface area is 137 Å². The third kappa shape index (κ3) is 3.32. The number of methoxy groups -OCH3 is 1. The molecule has 0 aliphatic heterocycles. The van der Waals surface area contributed by atoms with Crippen LogP contribution in [0, 0.1) is 0 Å². The van der Waals surface area contributed by atoms with Gasteiger partial charge >= 0.3 is 0 Å². The molecule has 0 amide bonds.